The van der Waals surface area contributed by atoms with Crippen LogP contribution in [0.15, 0.2) is 83.6 Å². The summed E-state index contributed by atoms with van der Waals surface area (Å²) in [5.74, 6) is -1.27. The summed E-state index contributed by atoms with van der Waals surface area (Å²) >= 11 is 3.43. The number of pyridine rings is 1. The van der Waals surface area contributed by atoms with Crippen LogP contribution >= 0.6 is 15.9 Å². The number of para-hydroxylation sites is 1. The maximum Gasteiger partial charge on any atom is 0.266 e. The molecule has 2 aliphatic rings. The maximum atomic E-state index is 13.4. The SMILES string of the molecule is O=C1[C@H]2[C@H](ON(c3ccc(Br)cc3)[C@@H]2c2cccnc2)C(=O)N1c1ccccc1. The average Bonchev–Trinajstić information content (AvgIpc) is 3.26. The highest BCUT2D eigenvalue weighted by Crippen LogP contribution is 2.47. The van der Waals surface area contributed by atoms with Crippen LogP contribution in [0.1, 0.15) is 11.6 Å². The third-order valence-electron chi connectivity index (χ3n) is 5.24. The Bertz CT molecular complexity index is 1060. The van der Waals surface area contributed by atoms with Crippen molar-refractivity contribution < 1.29 is 14.4 Å². The van der Waals surface area contributed by atoms with Crippen LogP contribution in [-0.4, -0.2) is 22.9 Å². The molecule has 2 aromatic carbocycles. The second-order valence-electron chi connectivity index (χ2n) is 6.93. The number of carbonyl (C=O) groups excluding carboxylic acids is 2. The molecule has 144 valence electrons. The van der Waals surface area contributed by atoms with Gasteiger partial charge in [0.25, 0.3) is 5.91 Å². The lowest BCUT2D eigenvalue weighted by Gasteiger charge is -2.28. The number of halogens is 1. The fourth-order valence-electron chi connectivity index (χ4n) is 3.95. The van der Waals surface area contributed by atoms with E-state index in [1.165, 1.54) is 4.90 Å². The summed E-state index contributed by atoms with van der Waals surface area (Å²) in [6.07, 6.45) is 2.51. The Morgan fingerprint density at radius 2 is 1.62 bits per heavy atom. The van der Waals surface area contributed by atoms with Crippen LogP contribution in [0.4, 0.5) is 11.4 Å². The van der Waals surface area contributed by atoms with E-state index < -0.39 is 18.1 Å². The van der Waals surface area contributed by atoms with Gasteiger partial charge in [-0.15, -0.1) is 0 Å². The van der Waals surface area contributed by atoms with Crippen molar-refractivity contribution in [2.75, 3.05) is 9.96 Å². The number of benzene rings is 2. The summed E-state index contributed by atoms with van der Waals surface area (Å²) in [6.45, 7) is 0. The van der Waals surface area contributed by atoms with Crippen molar-refractivity contribution in [1.29, 1.82) is 0 Å². The van der Waals surface area contributed by atoms with Crippen molar-refractivity contribution in [1.82, 2.24) is 4.98 Å². The normalized spacial score (nSPS) is 23.6. The molecule has 0 bridgehead atoms. The van der Waals surface area contributed by atoms with Crippen molar-refractivity contribution in [2.45, 2.75) is 12.1 Å². The molecule has 2 aliphatic heterocycles. The molecular formula is C22H16BrN3O3. The van der Waals surface area contributed by atoms with E-state index in [0.29, 0.717) is 5.69 Å². The molecule has 0 N–H and O–H groups in total. The largest absolute Gasteiger partial charge is 0.273 e. The second-order valence-corrected chi connectivity index (χ2v) is 7.85. The minimum atomic E-state index is -0.878. The first kappa shape index (κ1) is 18.0. The lowest BCUT2D eigenvalue weighted by molar-refractivity contribution is -0.126. The van der Waals surface area contributed by atoms with Gasteiger partial charge in [-0.3, -0.25) is 19.4 Å². The minimum absolute atomic E-state index is 0.264. The molecule has 0 spiro atoms. The van der Waals surface area contributed by atoms with Gasteiger partial charge < -0.3 is 0 Å². The second kappa shape index (κ2) is 7.09. The van der Waals surface area contributed by atoms with E-state index in [4.69, 9.17) is 4.84 Å². The summed E-state index contributed by atoms with van der Waals surface area (Å²) in [4.78, 5) is 38.1. The number of hydrogen-bond donors (Lipinski definition) is 0. The first-order valence-electron chi connectivity index (χ1n) is 9.19. The van der Waals surface area contributed by atoms with Crippen LogP contribution in [0.25, 0.3) is 0 Å². The number of rotatable bonds is 3. The summed E-state index contributed by atoms with van der Waals surface area (Å²) in [6, 6.07) is 19.8. The number of imide groups is 1. The van der Waals surface area contributed by atoms with Crippen LogP contribution in [0.2, 0.25) is 0 Å². The van der Waals surface area contributed by atoms with Gasteiger partial charge in [0.05, 0.1) is 17.4 Å². The zero-order valence-electron chi connectivity index (χ0n) is 15.2. The number of aromatic nitrogens is 1. The Morgan fingerprint density at radius 3 is 2.31 bits per heavy atom. The standard InChI is InChI=1S/C22H16BrN3O3/c23-15-8-10-17(11-9-15)26-19(14-5-4-12-24-13-14)18-20(29-26)22(28)25(21(18)27)16-6-2-1-3-7-16/h1-13,18-20H/t18-,19-,20+/m1/s1. The predicted molar refractivity (Wildman–Crippen MR) is 111 cm³/mol. The molecule has 1 aromatic heterocycles. The van der Waals surface area contributed by atoms with Gasteiger partial charge in [-0.25, -0.2) is 9.96 Å². The van der Waals surface area contributed by atoms with E-state index in [-0.39, 0.29) is 11.8 Å². The number of hydrogen-bond acceptors (Lipinski definition) is 5. The number of fused-ring (bicyclic) bond motifs is 1. The van der Waals surface area contributed by atoms with Gasteiger partial charge in [-0.05, 0) is 48.0 Å². The highest BCUT2D eigenvalue weighted by molar-refractivity contribution is 9.10. The molecule has 0 unspecified atom stereocenters. The molecule has 0 aliphatic carbocycles. The van der Waals surface area contributed by atoms with Crippen LogP contribution in [0.3, 0.4) is 0 Å². The first-order valence-corrected chi connectivity index (χ1v) is 9.99. The summed E-state index contributed by atoms with van der Waals surface area (Å²) in [5.41, 5.74) is 2.14. The summed E-state index contributed by atoms with van der Waals surface area (Å²) in [5, 5.41) is 1.66. The third-order valence-corrected chi connectivity index (χ3v) is 5.77. The van der Waals surface area contributed by atoms with Crippen molar-refractivity contribution in [3.63, 3.8) is 0 Å². The number of anilines is 2. The van der Waals surface area contributed by atoms with Crippen molar-refractivity contribution in [3.05, 3.63) is 89.2 Å². The molecule has 6 nitrogen and oxygen atoms in total. The van der Waals surface area contributed by atoms with E-state index in [1.54, 1.807) is 41.7 Å². The van der Waals surface area contributed by atoms with Crippen LogP contribution in [0, 0.1) is 5.92 Å². The van der Waals surface area contributed by atoms with Gasteiger partial charge in [0.1, 0.15) is 5.92 Å². The van der Waals surface area contributed by atoms with E-state index in [0.717, 1.165) is 15.7 Å². The van der Waals surface area contributed by atoms with Crippen LogP contribution in [0.5, 0.6) is 0 Å². The fourth-order valence-corrected chi connectivity index (χ4v) is 4.21. The predicted octanol–water partition coefficient (Wildman–Crippen LogP) is 3.90. The molecule has 3 heterocycles. The van der Waals surface area contributed by atoms with E-state index in [9.17, 15) is 9.59 Å². The zero-order chi connectivity index (χ0) is 20.0. The maximum absolute atomic E-state index is 13.4. The van der Waals surface area contributed by atoms with Gasteiger partial charge in [0, 0.05) is 16.9 Å². The minimum Gasteiger partial charge on any atom is -0.273 e. The molecule has 0 saturated carbocycles. The zero-order valence-corrected chi connectivity index (χ0v) is 16.8. The Balaban J connectivity index is 1.58. The molecule has 3 aromatic rings. The number of carbonyl (C=O) groups is 2. The highest BCUT2D eigenvalue weighted by atomic mass is 79.9. The molecule has 0 radical (unpaired) electrons. The highest BCUT2D eigenvalue weighted by Gasteiger charge is 2.60. The van der Waals surface area contributed by atoms with E-state index >= 15 is 0 Å². The number of amides is 2. The molecule has 5 rings (SSSR count). The van der Waals surface area contributed by atoms with Gasteiger partial charge in [-0.2, -0.15) is 0 Å². The average molecular weight is 450 g/mol. The number of hydroxylamine groups is 1. The molecule has 2 saturated heterocycles. The van der Waals surface area contributed by atoms with Crippen LogP contribution < -0.4 is 9.96 Å². The lowest BCUT2D eigenvalue weighted by Crippen LogP contribution is -2.37. The van der Waals surface area contributed by atoms with Crippen molar-refractivity contribution in [3.8, 4) is 0 Å². The Morgan fingerprint density at radius 1 is 0.862 bits per heavy atom. The Labute approximate surface area is 175 Å². The van der Waals surface area contributed by atoms with Gasteiger partial charge >= 0.3 is 0 Å². The smallest absolute Gasteiger partial charge is 0.266 e. The molecule has 3 atom stereocenters. The molecule has 7 heteroatoms. The molecule has 2 fully saturated rings. The number of nitrogens with zero attached hydrogens (tertiary/aromatic N) is 3. The van der Waals surface area contributed by atoms with Gasteiger partial charge in [0.15, 0.2) is 6.10 Å². The molecule has 29 heavy (non-hydrogen) atoms. The quantitative estimate of drug-likeness (QED) is 0.567. The van der Waals surface area contributed by atoms with Crippen molar-refractivity contribution >= 4 is 39.1 Å². The molecular weight excluding hydrogens is 434 g/mol. The van der Waals surface area contributed by atoms with Gasteiger partial charge in [-0.1, -0.05) is 40.2 Å². The van der Waals surface area contributed by atoms with Crippen molar-refractivity contribution in [2.24, 2.45) is 5.92 Å². The van der Waals surface area contributed by atoms with Crippen LogP contribution in [-0.2, 0) is 14.4 Å². The molecule has 2 amide bonds. The third kappa shape index (κ3) is 2.94. The topological polar surface area (TPSA) is 62.7 Å². The van der Waals surface area contributed by atoms with Gasteiger partial charge in [0.2, 0.25) is 5.91 Å². The Kier molecular flexibility index (Phi) is 4.41. The lowest BCUT2D eigenvalue weighted by atomic mass is 9.91. The fraction of sp³-hybridized carbons (Fsp3) is 0.136. The first-order chi connectivity index (χ1) is 14.1. The van der Waals surface area contributed by atoms with E-state index in [2.05, 4.69) is 20.9 Å². The summed E-state index contributed by atoms with van der Waals surface area (Å²) in [7, 11) is 0. The summed E-state index contributed by atoms with van der Waals surface area (Å²) < 4.78 is 0.931. The Hall–Kier alpha value is -3.03. The monoisotopic (exact) mass is 449 g/mol. The van der Waals surface area contributed by atoms with E-state index in [1.807, 2.05) is 42.5 Å².